The number of halogens is 2. The summed E-state index contributed by atoms with van der Waals surface area (Å²) in [5, 5.41) is 32.4. The van der Waals surface area contributed by atoms with Crippen LogP contribution in [0, 0.1) is 0 Å². The molecule has 1 aliphatic rings. The van der Waals surface area contributed by atoms with Crippen LogP contribution in [0.1, 0.15) is 87.4 Å². The summed E-state index contributed by atoms with van der Waals surface area (Å²) in [5.74, 6) is -1.88. The summed E-state index contributed by atoms with van der Waals surface area (Å²) in [5.41, 5.74) is 2.35. The molecule has 3 aromatic rings. The summed E-state index contributed by atoms with van der Waals surface area (Å²) in [6, 6.07) is 7.65. The molecule has 0 unspecified atom stereocenters. The molecule has 3 N–H and O–H groups in total. The largest absolute Gasteiger partial charge is 0.508 e. The highest BCUT2D eigenvalue weighted by molar-refractivity contribution is 9.11. The van der Waals surface area contributed by atoms with Gasteiger partial charge < -0.3 is 20.1 Å². The molecule has 0 fully saturated rings. The number of esters is 1. The quantitative estimate of drug-likeness (QED) is 0.242. The monoisotopic (exact) mass is 630 g/mol. The van der Waals surface area contributed by atoms with Crippen LogP contribution < -0.4 is 0 Å². The van der Waals surface area contributed by atoms with Gasteiger partial charge in [-0.2, -0.15) is 0 Å². The van der Waals surface area contributed by atoms with E-state index in [1.54, 1.807) is 18.2 Å². The van der Waals surface area contributed by atoms with Crippen molar-refractivity contribution in [3.63, 3.8) is 0 Å². The van der Waals surface area contributed by atoms with Crippen molar-refractivity contribution >= 4 is 43.8 Å². The van der Waals surface area contributed by atoms with E-state index in [-0.39, 0.29) is 28.2 Å². The Labute approximate surface area is 232 Å². The Kier molecular flexibility index (Phi) is 7.45. The Morgan fingerprint density at radius 2 is 1.30 bits per heavy atom. The smallest absolute Gasteiger partial charge is 0.340 e. The summed E-state index contributed by atoms with van der Waals surface area (Å²) in [7, 11) is 0. The van der Waals surface area contributed by atoms with Gasteiger partial charge in [-0.25, -0.2) is 9.59 Å². The second-order valence-corrected chi connectivity index (χ2v) is 10.5. The number of aromatic hydroxyl groups is 2. The second kappa shape index (κ2) is 10.1. The fourth-order valence-corrected chi connectivity index (χ4v) is 7.44. The van der Waals surface area contributed by atoms with Crippen LogP contribution >= 0.6 is 31.9 Å². The van der Waals surface area contributed by atoms with E-state index in [4.69, 9.17) is 4.74 Å². The molecule has 0 atom stereocenters. The van der Waals surface area contributed by atoms with Crippen molar-refractivity contribution in [2.24, 2.45) is 0 Å². The first kappa shape index (κ1) is 27.2. The van der Waals surface area contributed by atoms with Crippen molar-refractivity contribution in [2.75, 3.05) is 0 Å². The maximum absolute atomic E-state index is 13.4. The lowest BCUT2D eigenvalue weighted by Crippen LogP contribution is -2.34. The molecule has 4 rings (SSSR count). The first-order valence-electron chi connectivity index (χ1n) is 12.3. The first-order chi connectivity index (χ1) is 17.6. The fraction of sp³-hybridized carbons (Fsp3) is 0.310. The minimum absolute atomic E-state index is 0.00442. The number of carboxylic acid groups (broad SMARTS) is 1. The molecule has 3 aromatic carbocycles. The number of carbonyl (C=O) groups excluding carboxylic acids is 1. The number of ether oxygens (including phenoxy) is 1. The van der Waals surface area contributed by atoms with Gasteiger partial charge >= 0.3 is 11.9 Å². The van der Waals surface area contributed by atoms with Gasteiger partial charge in [-0.1, -0.05) is 65.6 Å². The molecule has 6 nitrogen and oxygen atoms in total. The third kappa shape index (κ3) is 3.96. The van der Waals surface area contributed by atoms with E-state index in [0.29, 0.717) is 56.9 Å². The first-order valence-corrected chi connectivity index (χ1v) is 13.8. The van der Waals surface area contributed by atoms with Crippen LogP contribution in [0.3, 0.4) is 0 Å². The van der Waals surface area contributed by atoms with Crippen molar-refractivity contribution in [3.05, 3.63) is 89.3 Å². The van der Waals surface area contributed by atoms with Crippen molar-refractivity contribution in [2.45, 2.75) is 59.0 Å². The van der Waals surface area contributed by atoms with E-state index < -0.39 is 17.5 Å². The Morgan fingerprint density at radius 3 is 1.70 bits per heavy atom. The van der Waals surface area contributed by atoms with Crippen LogP contribution in [0.2, 0.25) is 0 Å². The highest BCUT2D eigenvalue weighted by Gasteiger charge is 2.53. The van der Waals surface area contributed by atoms with Crippen LogP contribution in [0.15, 0.2) is 39.3 Å². The zero-order valence-corrected chi connectivity index (χ0v) is 24.2. The lowest BCUT2D eigenvalue weighted by molar-refractivity contribution is 0.0239. The fourth-order valence-electron chi connectivity index (χ4n) is 5.49. The zero-order valence-electron chi connectivity index (χ0n) is 21.0. The minimum Gasteiger partial charge on any atom is -0.508 e. The maximum Gasteiger partial charge on any atom is 0.340 e. The molecule has 1 heterocycles. The standard InChI is InChI=1S/C29H28Br2O6/c1-5-14-20(12-22(32)16(7-3)25(14)30)29(21-13-23(33)17(8-4)26(31)15(21)6-2)24-18(27(34)35)10-9-11-19(24)28(36)37-29/h9-13,32-33H,5-8H2,1-4H3,(H,34,35). The van der Waals surface area contributed by atoms with Crippen LogP contribution in [0.4, 0.5) is 0 Å². The topological polar surface area (TPSA) is 104 Å². The molecule has 0 amide bonds. The van der Waals surface area contributed by atoms with E-state index in [2.05, 4.69) is 31.9 Å². The van der Waals surface area contributed by atoms with Gasteiger partial charge in [0.05, 0.1) is 11.1 Å². The molecule has 0 radical (unpaired) electrons. The molecule has 1 aliphatic heterocycles. The summed E-state index contributed by atoms with van der Waals surface area (Å²) < 4.78 is 7.62. The van der Waals surface area contributed by atoms with E-state index >= 15 is 0 Å². The van der Waals surface area contributed by atoms with Gasteiger partial charge in [-0.15, -0.1) is 0 Å². The SMILES string of the molecule is CCc1c(O)cc(C2(c3cc(O)c(CC)c(Br)c3CC)OC(=O)c3cccc(C(=O)O)c32)c(CC)c1Br. The van der Waals surface area contributed by atoms with E-state index in [9.17, 15) is 24.9 Å². The van der Waals surface area contributed by atoms with E-state index in [0.717, 1.165) is 11.1 Å². The average molecular weight is 632 g/mol. The van der Waals surface area contributed by atoms with Gasteiger partial charge in [0.1, 0.15) is 11.5 Å². The number of phenols is 2. The molecular weight excluding hydrogens is 604 g/mol. The molecule has 194 valence electrons. The minimum atomic E-state index is -1.73. The van der Waals surface area contributed by atoms with Crippen molar-refractivity contribution in [1.82, 2.24) is 0 Å². The number of carbonyl (C=O) groups is 2. The summed E-state index contributed by atoms with van der Waals surface area (Å²) >= 11 is 7.32. The van der Waals surface area contributed by atoms with Crippen molar-refractivity contribution in [3.8, 4) is 11.5 Å². The van der Waals surface area contributed by atoms with Crippen LogP contribution in [0.5, 0.6) is 11.5 Å². The third-order valence-corrected chi connectivity index (χ3v) is 9.09. The van der Waals surface area contributed by atoms with Gasteiger partial charge in [-0.05, 0) is 61.1 Å². The second-order valence-electron chi connectivity index (χ2n) is 8.95. The van der Waals surface area contributed by atoms with Crippen LogP contribution in [0.25, 0.3) is 0 Å². The number of phenolic OH excluding ortho intramolecular Hbond substituents is 2. The van der Waals surface area contributed by atoms with Gasteiger partial charge in [0.15, 0.2) is 5.60 Å². The third-order valence-electron chi connectivity index (χ3n) is 7.18. The maximum atomic E-state index is 13.4. The Morgan fingerprint density at radius 1 is 0.838 bits per heavy atom. The normalized spacial score (nSPS) is 13.9. The Balaban J connectivity index is 2.31. The van der Waals surface area contributed by atoms with Gasteiger partial charge in [0, 0.05) is 36.8 Å². The lowest BCUT2D eigenvalue weighted by atomic mass is 9.73. The molecule has 0 aliphatic carbocycles. The molecular formula is C29H28Br2O6. The van der Waals surface area contributed by atoms with Crippen molar-refractivity contribution < 1.29 is 29.6 Å². The lowest BCUT2D eigenvalue weighted by Gasteiger charge is -2.36. The van der Waals surface area contributed by atoms with Crippen LogP contribution in [-0.2, 0) is 36.0 Å². The number of carboxylic acids is 1. The van der Waals surface area contributed by atoms with Crippen LogP contribution in [-0.4, -0.2) is 27.3 Å². The molecule has 0 saturated heterocycles. The summed E-state index contributed by atoms with van der Waals surface area (Å²) in [6.45, 7) is 7.75. The van der Waals surface area contributed by atoms with Gasteiger partial charge in [0.2, 0.25) is 0 Å². The number of hydrogen-bond acceptors (Lipinski definition) is 5. The number of hydrogen-bond donors (Lipinski definition) is 3. The molecule has 8 heteroatoms. The zero-order chi connectivity index (χ0) is 27.2. The number of rotatable bonds is 7. The molecule has 37 heavy (non-hydrogen) atoms. The number of cyclic esters (lactones) is 1. The highest BCUT2D eigenvalue weighted by atomic mass is 79.9. The van der Waals surface area contributed by atoms with Gasteiger partial charge in [-0.3, -0.25) is 0 Å². The Bertz CT molecular complexity index is 1380. The summed E-state index contributed by atoms with van der Waals surface area (Å²) in [4.78, 5) is 25.9. The number of aromatic carboxylic acids is 1. The number of fused-ring (bicyclic) bond motifs is 1. The van der Waals surface area contributed by atoms with Crippen molar-refractivity contribution in [1.29, 1.82) is 0 Å². The summed E-state index contributed by atoms with van der Waals surface area (Å²) in [6.07, 6.45) is 2.13. The molecule has 0 aromatic heterocycles. The van der Waals surface area contributed by atoms with E-state index in [1.165, 1.54) is 12.1 Å². The molecule has 0 spiro atoms. The van der Waals surface area contributed by atoms with Gasteiger partial charge in [0.25, 0.3) is 0 Å². The van der Waals surface area contributed by atoms with E-state index in [1.807, 2.05) is 27.7 Å². The predicted octanol–water partition coefficient (Wildman–Crippen LogP) is 7.03. The predicted molar refractivity (Wildman–Crippen MR) is 148 cm³/mol. The average Bonchev–Trinajstić information content (AvgIpc) is 3.17. The highest BCUT2D eigenvalue weighted by Crippen LogP contribution is 2.54. The molecule has 0 bridgehead atoms. The number of benzene rings is 3. The Hall–Kier alpha value is -2.84. The molecule has 0 saturated carbocycles.